The minimum absolute atomic E-state index is 0.304. The topological polar surface area (TPSA) is 3.24 Å². The molecule has 0 bridgehead atoms. The second kappa shape index (κ2) is 15.1. The minimum Gasteiger partial charge on any atom is -0.310 e. The molecule has 0 N–H and O–H groups in total. The number of rotatable bonds is 8. The monoisotopic (exact) mass is 777 g/mol. The van der Waals surface area contributed by atoms with Crippen molar-refractivity contribution in [1.82, 2.24) is 0 Å². The minimum atomic E-state index is -0.304. The zero-order chi connectivity index (χ0) is 40.8. The summed E-state index contributed by atoms with van der Waals surface area (Å²) >= 11 is 0. The van der Waals surface area contributed by atoms with Gasteiger partial charge in [-0.3, -0.25) is 0 Å². The van der Waals surface area contributed by atoms with E-state index in [0.29, 0.717) is 0 Å². The van der Waals surface area contributed by atoms with Crippen molar-refractivity contribution in [2.24, 2.45) is 0 Å². The summed E-state index contributed by atoms with van der Waals surface area (Å²) in [4.78, 5) is 2.45. The third-order valence-electron chi connectivity index (χ3n) is 12.8. The molecule has 0 fully saturated rings. The smallest absolute Gasteiger partial charge is 0.0543 e. The van der Waals surface area contributed by atoms with E-state index in [1.54, 1.807) is 0 Å². The summed E-state index contributed by atoms with van der Waals surface area (Å²) in [6, 6.07) is 88.6. The van der Waals surface area contributed by atoms with E-state index >= 15 is 0 Å². The Hall–Kier alpha value is -7.74. The molecule has 61 heavy (non-hydrogen) atoms. The van der Waals surface area contributed by atoms with Crippen molar-refractivity contribution < 1.29 is 0 Å². The van der Waals surface area contributed by atoms with Crippen LogP contribution in [0.5, 0.6) is 0 Å². The molecular formula is C60H43N. The average Bonchev–Trinajstić information content (AvgIpc) is 3.61. The van der Waals surface area contributed by atoms with Gasteiger partial charge in [-0.05, 0) is 115 Å². The molecule has 0 heterocycles. The number of nitrogens with zero attached hydrogens (tertiary/aromatic N) is 1. The summed E-state index contributed by atoms with van der Waals surface area (Å²) in [5.74, 6) is 0. The van der Waals surface area contributed by atoms with E-state index in [9.17, 15) is 0 Å². The standard InChI is InChI=1S/C60H43N/c1-60(48-20-6-3-7-21-48)56-27-13-12-25-55(56)59-57(60)28-15-29-58(59)61(50-40-36-47(37-41-50)53-24-11-10-23-51(53)44-16-4-2-5-17-44)49-38-34-43(35-39-49)42-30-32-46(33-31-42)54-26-14-19-45-18-8-9-22-52(45)54/h2-41H,1H3. The Labute approximate surface area is 358 Å². The maximum absolute atomic E-state index is 2.45. The van der Waals surface area contributed by atoms with Crippen LogP contribution in [-0.4, -0.2) is 0 Å². The Morgan fingerprint density at radius 1 is 0.311 bits per heavy atom. The first-order valence-corrected chi connectivity index (χ1v) is 21.2. The molecule has 1 heteroatoms. The Bertz CT molecular complexity index is 3160. The molecule has 1 nitrogen and oxygen atoms in total. The third-order valence-corrected chi connectivity index (χ3v) is 12.8. The highest BCUT2D eigenvalue weighted by atomic mass is 15.1. The first-order valence-electron chi connectivity index (χ1n) is 21.2. The van der Waals surface area contributed by atoms with Gasteiger partial charge in [0.05, 0.1) is 5.69 Å². The normalized spacial score (nSPS) is 14.0. The van der Waals surface area contributed by atoms with Gasteiger partial charge >= 0.3 is 0 Å². The lowest BCUT2D eigenvalue weighted by molar-refractivity contribution is 0.714. The van der Waals surface area contributed by atoms with E-state index in [0.717, 1.165) is 17.1 Å². The van der Waals surface area contributed by atoms with Gasteiger partial charge in [0.1, 0.15) is 0 Å². The lowest BCUT2D eigenvalue weighted by Crippen LogP contribution is -2.22. The Kier molecular flexibility index (Phi) is 9.02. The summed E-state index contributed by atoms with van der Waals surface area (Å²) < 4.78 is 0. The predicted molar refractivity (Wildman–Crippen MR) is 258 cm³/mol. The molecule has 10 aromatic carbocycles. The van der Waals surface area contributed by atoms with Crippen molar-refractivity contribution in [2.75, 3.05) is 4.90 Å². The fourth-order valence-corrected chi connectivity index (χ4v) is 9.73. The first-order chi connectivity index (χ1) is 30.1. The molecule has 0 aromatic heterocycles. The van der Waals surface area contributed by atoms with E-state index < -0.39 is 0 Å². The fourth-order valence-electron chi connectivity index (χ4n) is 9.73. The van der Waals surface area contributed by atoms with Gasteiger partial charge in [0, 0.05) is 22.4 Å². The van der Waals surface area contributed by atoms with Gasteiger partial charge in [-0.15, -0.1) is 0 Å². The number of benzene rings is 10. The second-order valence-electron chi connectivity index (χ2n) is 16.2. The van der Waals surface area contributed by atoms with Crippen LogP contribution in [-0.2, 0) is 5.41 Å². The van der Waals surface area contributed by atoms with Gasteiger partial charge in [-0.25, -0.2) is 0 Å². The number of hydrogen-bond donors (Lipinski definition) is 0. The molecule has 1 aliphatic rings. The molecule has 0 amide bonds. The predicted octanol–water partition coefficient (Wildman–Crippen LogP) is 16.3. The molecule has 1 aliphatic carbocycles. The van der Waals surface area contributed by atoms with Crippen LogP contribution in [0, 0.1) is 0 Å². The first kappa shape index (κ1) is 36.3. The summed E-state index contributed by atoms with van der Waals surface area (Å²) in [6.45, 7) is 2.39. The maximum atomic E-state index is 2.45. The number of fused-ring (bicyclic) bond motifs is 4. The van der Waals surface area contributed by atoms with Crippen LogP contribution in [0.4, 0.5) is 17.1 Å². The average molecular weight is 778 g/mol. The van der Waals surface area contributed by atoms with E-state index in [-0.39, 0.29) is 5.41 Å². The van der Waals surface area contributed by atoms with E-state index in [2.05, 4.69) is 254 Å². The summed E-state index contributed by atoms with van der Waals surface area (Å²) in [5, 5.41) is 2.53. The van der Waals surface area contributed by atoms with E-state index in [4.69, 9.17) is 0 Å². The van der Waals surface area contributed by atoms with Crippen molar-refractivity contribution >= 4 is 27.8 Å². The summed E-state index contributed by atoms with van der Waals surface area (Å²) in [7, 11) is 0. The molecule has 1 unspecified atom stereocenters. The molecule has 0 spiro atoms. The van der Waals surface area contributed by atoms with Crippen molar-refractivity contribution in [3.63, 3.8) is 0 Å². The van der Waals surface area contributed by atoms with Gasteiger partial charge in [0.2, 0.25) is 0 Å². The molecule has 1 atom stereocenters. The molecule has 0 radical (unpaired) electrons. The van der Waals surface area contributed by atoms with E-state index in [1.165, 1.54) is 83.1 Å². The maximum Gasteiger partial charge on any atom is 0.0543 e. The van der Waals surface area contributed by atoms with Crippen molar-refractivity contribution in [3.8, 4) is 55.6 Å². The lowest BCUT2D eigenvalue weighted by Gasteiger charge is -2.30. The molecular weight excluding hydrogens is 735 g/mol. The number of hydrogen-bond acceptors (Lipinski definition) is 1. The summed E-state index contributed by atoms with van der Waals surface area (Å²) in [6.07, 6.45) is 0. The Morgan fingerprint density at radius 2 is 0.754 bits per heavy atom. The van der Waals surface area contributed by atoms with Crippen LogP contribution in [0.1, 0.15) is 23.6 Å². The van der Waals surface area contributed by atoms with Gasteiger partial charge in [-0.2, -0.15) is 0 Å². The van der Waals surface area contributed by atoms with Crippen molar-refractivity contribution in [2.45, 2.75) is 12.3 Å². The highest BCUT2D eigenvalue weighted by Crippen LogP contribution is 2.56. The molecule has 288 valence electrons. The Morgan fingerprint density at radius 3 is 1.44 bits per heavy atom. The van der Waals surface area contributed by atoms with Gasteiger partial charge < -0.3 is 4.90 Å². The SMILES string of the molecule is CC1(c2ccccc2)c2ccccc2-c2c(N(c3ccc(-c4ccc(-c5cccc6ccccc56)cc4)cc3)c3ccc(-c4ccccc4-c4ccccc4)cc3)cccc21. The van der Waals surface area contributed by atoms with Crippen LogP contribution >= 0.6 is 0 Å². The molecule has 11 rings (SSSR count). The van der Waals surface area contributed by atoms with Gasteiger partial charge in [0.15, 0.2) is 0 Å². The van der Waals surface area contributed by atoms with Crippen LogP contribution in [0.3, 0.4) is 0 Å². The highest BCUT2D eigenvalue weighted by molar-refractivity contribution is 5.98. The molecule has 10 aromatic rings. The fraction of sp³-hybridized carbons (Fsp3) is 0.0333. The third kappa shape index (κ3) is 6.26. The molecule has 0 saturated heterocycles. The molecule has 0 saturated carbocycles. The van der Waals surface area contributed by atoms with Crippen LogP contribution in [0.2, 0.25) is 0 Å². The zero-order valence-corrected chi connectivity index (χ0v) is 34.0. The van der Waals surface area contributed by atoms with Crippen LogP contribution in [0.25, 0.3) is 66.4 Å². The van der Waals surface area contributed by atoms with Gasteiger partial charge in [-0.1, -0.05) is 212 Å². The van der Waals surface area contributed by atoms with Crippen LogP contribution in [0.15, 0.2) is 243 Å². The van der Waals surface area contributed by atoms with Crippen molar-refractivity contribution in [1.29, 1.82) is 0 Å². The highest BCUT2D eigenvalue weighted by Gasteiger charge is 2.42. The Balaban J connectivity index is 1.03. The quantitative estimate of drug-likeness (QED) is 0.149. The summed E-state index contributed by atoms with van der Waals surface area (Å²) in [5.41, 5.74) is 19.3. The van der Waals surface area contributed by atoms with E-state index in [1.807, 2.05) is 0 Å². The molecule has 0 aliphatic heterocycles. The van der Waals surface area contributed by atoms with Gasteiger partial charge in [0.25, 0.3) is 0 Å². The van der Waals surface area contributed by atoms with Crippen molar-refractivity contribution in [3.05, 3.63) is 259 Å². The second-order valence-corrected chi connectivity index (χ2v) is 16.2. The lowest BCUT2D eigenvalue weighted by atomic mass is 9.74. The largest absolute Gasteiger partial charge is 0.310 e. The zero-order valence-electron chi connectivity index (χ0n) is 34.0. The number of anilines is 3. The van der Waals surface area contributed by atoms with Crippen LogP contribution < -0.4 is 4.90 Å².